The van der Waals surface area contributed by atoms with E-state index in [4.69, 9.17) is 14.2 Å². The second-order valence-corrected chi connectivity index (χ2v) is 7.65. The third-order valence-corrected chi connectivity index (χ3v) is 6.56. The molecule has 0 aromatic heterocycles. The van der Waals surface area contributed by atoms with Crippen LogP contribution in [0.2, 0.25) is 0 Å². The van der Waals surface area contributed by atoms with Crippen molar-refractivity contribution in [2.75, 3.05) is 18.6 Å². The lowest BCUT2D eigenvalue weighted by atomic mass is 9.67. The van der Waals surface area contributed by atoms with Gasteiger partial charge in [-0.3, -0.25) is 4.79 Å². The van der Waals surface area contributed by atoms with Crippen LogP contribution in [0.5, 0.6) is 5.75 Å². The van der Waals surface area contributed by atoms with E-state index >= 15 is 0 Å². The van der Waals surface area contributed by atoms with Gasteiger partial charge in [0.25, 0.3) is 0 Å². The summed E-state index contributed by atoms with van der Waals surface area (Å²) in [4.78, 5) is 15.2. The Balaban J connectivity index is 1.51. The highest BCUT2D eigenvalue weighted by atomic mass is 16.6. The number of esters is 1. The predicted octanol–water partition coefficient (Wildman–Crippen LogP) is 2.71. The molecule has 4 aliphatic rings. The monoisotopic (exact) mass is 349 g/mol. The fourth-order valence-electron chi connectivity index (χ4n) is 5.66. The number of hydrogen-bond acceptors (Lipinski definition) is 5. The maximum Gasteiger partial charge on any atom is 0.314 e. The van der Waals surface area contributed by atoms with E-state index in [1.54, 1.807) is 0 Å². The highest BCUT2D eigenvalue weighted by Crippen LogP contribution is 2.74. The van der Waals surface area contributed by atoms with Crippen LogP contribution in [0.25, 0.3) is 0 Å². The van der Waals surface area contributed by atoms with Crippen LogP contribution < -0.4 is 9.64 Å². The van der Waals surface area contributed by atoms with Gasteiger partial charge in [0.1, 0.15) is 23.9 Å². The molecule has 26 heavy (non-hydrogen) atoms. The van der Waals surface area contributed by atoms with Gasteiger partial charge in [0.2, 0.25) is 0 Å². The first-order chi connectivity index (χ1) is 12.7. The largest absolute Gasteiger partial charge is 0.490 e. The van der Waals surface area contributed by atoms with E-state index in [1.807, 2.05) is 36.4 Å². The van der Waals surface area contributed by atoms with Gasteiger partial charge in [-0.15, -0.1) is 0 Å². The lowest BCUT2D eigenvalue weighted by Gasteiger charge is -2.39. The Hall–Kier alpha value is -2.53. The molecular weight excluding hydrogens is 330 g/mol. The molecular formula is C21H19NO4. The maximum atomic E-state index is 12.9. The van der Waals surface area contributed by atoms with Crippen molar-refractivity contribution in [2.45, 2.75) is 29.7 Å². The van der Waals surface area contributed by atoms with Crippen LogP contribution in [-0.4, -0.2) is 37.1 Å². The zero-order valence-corrected chi connectivity index (χ0v) is 14.4. The molecule has 5 heteroatoms. The van der Waals surface area contributed by atoms with Crippen LogP contribution in [0.1, 0.15) is 17.9 Å². The van der Waals surface area contributed by atoms with Crippen LogP contribution in [0.15, 0.2) is 54.6 Å². The fourth-order valence-corrected chi connectivity index (χ4v) is 5.66. The Morgan fingerprint density at radius 3 is 2.73 bits per heavy atom. The van der Waals surface area contributed by atoms with E-state index < -0.39 is 11.3 Å². The van der Waals surface area contributed by atoms with Gasteiger partial charge >= 0.3 is 5.97 Å². The Morgan fingerprint density at radius 1 is 1.15 bits per heavy atom. The topological polar surface area (TPSA) is 47.8 Å². The van der Waals surface area contributed by atoms with Gasteiger partial charge in [-0.25, -0.2) is 0 Å². The van der Waals surface area contributed by atoms with E-state index in [0.717, 1.165) is 23.4 Å². The molecule has 2 aromatic rings. The number of anilines is 1. The maximum absolute atomic E-state index is 12.9. The van der Waals surface area contributed by atoms with Gasteiger partial charge in [-0.1, -0.05) is 36.4 Å². The summed E-state index contributed by atoms with van der Waals surface area (Å²) in [5, 5.41) is 0. The van der Waals surface area contributed by atoms with Crippen LogP contribution in [0, 0.1) is 5.92 Å². The number of fused-ring (bicyclic) bond motifs is 2. The summed E-state index contributed by atoms with van der Waals surface area (Å²) in [7, 11) is 1.47. The second kappa shape index (κ2) is 4.60. The van der Waals surface area contributed by atoms with Crippen LogP contribution >= 0.6 is 0 Å². The molecule has 2 bridgehead atoms. The van der Waals surface area contributed by atoms with E-state index in [2.05, 4.69) is 23.1 Å². The van der Waals surface area contributed by atoms with Crippen molar-refractivity contribution in [2.24, 2.45) is 5.92 Å². The van der Waals surface area contributed by atoms with Gasteiger partial charge in [0, 0.05) is 23.6 Å². The molecule has 0 amide bonds. The third kappa shape index (κ3) is 1.50. The molecule has 4 heterocycles. The molecule has 0 N–H and O–H groups in total. The second-order valence-electron chi connectivity index (χ2n) is 7.65. The van der Waals surface area contributed by atoms with Gasteiger partial charge < -0.3 is 19.1 Å². The van der Waals surface area contributed by atoms with Crippen molar-refractivity contribution in [1.82, 2.24) is 0 Å². The summed E-state index contributed by atoms with van der Waals surface area (Å²) in [6.45, 7) is 0.489. The molecule has 0 radical (unpaired) electrons. The summed E-state index contributed by atoms with van der Waals surface area (Å²) < 4.78 is 18.0. The average molecular weight is 349 g/mol. The Morgan fingerprint density at radius 2 is 1.92 bits per heavy atom. The zero-order valence-electron chi connectivity index (χ0n) is 14.4. The molecule has 2 spiro atoms. The average Bonchev–Trinajstić information content (AvgIpc) is 3.03. The van der Waals surface area contributed by atoms with Crippen molar-refractivity contribution in [1.29, 1.82) is 0 Å². The molecule has 3 saturated heterocycles. The lowest BCUT2D eigenvalue weighted by molar-refractivity contribution is -0.148. The number of carbonyl (C=O) groups is 1. The number of benzene rings is 2. The van der Waals surface area contributed by atoms with Crippen molar-refractivity contribution < 1.29 is 19.0 Å². The number of nitrogens with zero attached hydrogens (tertiary/aromatic N) is 1. The van der Waals surface area contributed by atoms with Crippen molar-refractivity contribution in [3.05, 3.63) is 60.2 Å². The molecule has 0 unspecified atom stereocenters. The molecule has 4 aliphatic heterocycles. The first-order valence-corrected chi connectivity index (χ1v) is 9.05. The highest BCUT2D eigenvalue weighted by molar-refractivity contribution is 5.82. The predicted molar refractivity (Wildman–Crippen MR) is 94.1 cm³/mol. The summed E-state index contributed by atoms with van der Waals surface area (Å²) >= 11 is 0. The summed E-state index contributed by atoms with van der Waals surface area (Å²) in [6, 6.07) is 18.4. The normalized spacial score (nSPS) is 38.0. The molecule has 5 nitrogen and oxygen atoms in total. The number of para-hydroxylation sites is 2. The standard InChI is InChI=1S/C21H19NO4/c1-24-19(23)18-17-14-9-5-6-10-15(14)25-12-20(17)11-16-21(18,26-20)22(16)13-7-3-2-4-8-13/h2-10,16-18H,11-12H2,1H3/t16-,17-,18-,20-,21-,22?/m0/s1. The van der Waals surface area contributed by atoms with Crippen molar-refractivity contribution in [3.8, 4) is 5.75 Å². The Kier molecular flexibility index (Phi) is 2.58. The number of ether oxygens (including phenoxy) is 3. The minimum absolute atomic E-state index is 0.0372. The van der Waals surface area contributed by atoms with E-state index in [9.17, 15) is 4.79 Å². The summed E-state index contributed by atoms with van der Waals surface area (Å²) in [6.07, 6.45) is 0.869. The lowest BCUT2D eigenvalue weighted by Crippen LogP contribution is -2.47. The molecule has 5 atom stereocenters. The minimum atomic E-state index is -0.611. The van der Waals surface area contributed by atoms with E-state index in [1.165, 1.54) is 7.11 Å². The van der Waals surface area contributed by atoms with Crippen molar-refractivity contribution in [3.63, 3.8) is 0 Å². The molecule has 132 valence electrons. The Bertz CT molecular complexity index is 915. The molecule has 0 aliphatic carbocycles. The van der Waals surface area contributed by atoms with Gasteiger partial charge in [-0.05, 0) is 18.2 Å². The smallest absolute Gasteiger partial charge is 0.314 e. The van der Waals surface area contributed by atoms with Crippen LogP contribution in [-0.2, 0) is 14.3 Å². The quantitative estimate of drug-likeness (QED) is 0.616. The SMILES string of the molecule is COC(=O)[C@@H]1[C@@H]2c3ccccc3OC[C@@]23C[C@@H]2N(c4ccccc4)[C@@]12O3. The van der Waals surface area contributed by atoms with E-state index in [0.29, 0.717) is 6.61 Å². The minimum Gasteiger partial charge on any atom is -0.490 e. The van der Waals surface area contributed by atoms with Gasteiger partial charge in [0.15, 0.2) is 5.72 Å². The number of methoxy groups -OCH3 is 1. The molecule has 3 fully saturated rings. The summed E-state index contributed by atoms with van der Waals surface area (Å²) in [5.74, 6) is 0.270. The first-order valence-electron chi connectivity index (χ1n) is 9.05. The third-order valence-electron chi connectivity index (χ3n) is 6.56. The van der Waals surface area contributed by atoms with Crippen molar-refractivity contribution >= 4 is 11.7 Å². The zero-order chi connectivity index (χ0) is 17.5. The molecule has 0 saturated carbocycles. The number of hydrogen-bond donors (Lipinski definition) is 0. The Labute approximate surface area is 151 Å². The van der Waals surface area contributed by atoms with Gasteiger partial charge in [0.05, 0.1) is 13.2 Å². The molecule has 6 rings (SSSR count). The van der Waals surface area contributed by atoms with Gasteiger partial charge in [-0.2, -0.15) is 0 Å². The van der Waals surface area contributed by atoms with E-state index in [-0.39, 0.29) is 23.8 Å². The van der Waals surface area contributed by atoms with Crippen LogP contribution in [0.4, 0.5) is 5.69 Å². The van der Waals surface area contributed by atoms with Crippen LogP contribution in [0.3, 0.4) is 0 Å². The number of rotatable bonds is 2. The fraction of sp³-hybridized carbons (Fsp3) is 0.381. The number of carbonyl (C=O) groups excluding carboxylic acids is 1. The highest BCUT2D eigenvalue weighted by Gasteiger charge is 2.87. The summed E-state index contributed by atoms with van der Waals surface area (Å²) in [5.41, 5.74) is 1.10. The first kappa shape index (κ1) is 14.6. The molecule has 2 aromatic carbocycles.